The third-order valence-corrected chi connectivity index (χ3v) is 19.6. The van der Waals surface area contributed by atoms with Crippen LogP contribution < -0.4 is 61.1 Å². The molecular formula is C78H78B6N6. The fraction of sp³-hybridized carbons (Fsp3) is 0.154. The highest BCUT2D eigenvalue weighted by Gasteiger charge is 2.60. The first-order valence-electron chi connectivity index (χ1n) is 32.1. The molecule has 2 fully saturated rings. The molecule has 0 atom stereocenters. The molecule has 0 unspecified atom stereocenters. The Morgan fingerprint density at radius 3 is 0.400 bits per heavy atom. The zero-order valence-electron chi connectivity index (χ0n) is 54.4. The Morgan fingerprint density at radius 2 is 0.267 bits per heavy atom. The average Bonchev–Trinajstić information content (AvgIpc) is 0.716. The first-order valence-corrected chi connectivity index (χ1v) is 32.1. The van der Waals surface area contributed by atoms with Crippen LogP contribution in [0.5, 0.6) is 0 Å². The van der Waals surface area contributed by atoms with E-state index < -0.39 is 0 Å². The van der Waals surface area contributed by atoms with Gasteiger partial charge in [0.25, 0.3) is 0 Å². The topological polar surface area (TPSA) is 19.4 Å². The van der Waals surface area contributed by atoms with Gasteiger partial charge in [-0.3, -0.25) is 0 Å². The van der Waals surface area contributed by atoms with E-state index in [-0.39, 0.29) is 41.9 Å². The van der Waals surface area contributed by atoms with Crippen molar-refractivity contribution in [3.63, 3.8) is 0 Å². The molecule has 2 aliphatic heterocycles. The van der Waals surface area contributed by atoms with Gasteiger partial charge in [-0.15, -0.1) is 0 Å². The van der Waals surface area contributed by atoms with E-state index in [0.717, 1.165) is 34.1 Å². The van der Waals surface area contributed by atoms with E-state index in [1.54, 1.807) is 0 Å². The van der Waals surface area contributed by atoms with Gasteiger partial charge in [0, 0.05) is 34.1 Å². The first-order chi connectivity index (χ1) is 43.7. The monoisotopic (exact) mass is 1160 g/mol. The highest BCUT2D eigenvalue weighted by Crippen LogP contribution is 2.40. The summed E-state index contributed by atoms with van der Waals surface area (Å²) in [4.78, 5) is 0. The smallest absolute Gasteiger partial charge is 0.389 e. The quantitative estimate of drug-likeness (QED) is 0.113. The highest BCUT2D eigenvalue weighted by atomic mass is 15.3. The van der Waals surface area contributed by atoms with Gasteiger partial charge in [-0.1, -0.05) is 249 Å². The molecule has 0 amide bonds. The molecule has 0 radical (unpaired) electrons. The lowest BCUT2D eigenvalue weighted by atomic mass is 9.35. The van der Waals surface area contributed by atoms with Crippen molar-refractivity contribution in [2.45, 2.75) is 83.1 Å². The number of benzene rings is 11. The van der Waals surface area contributed by atoms with E-state index in [1.165, 1.54) is 99.5 Å². The zero-order chi connectivity index (χ0) is 62.5. The van der Waals surface area contributed by atoms with Gasteiger partial charge < -0.3 is 28.3 Å². The lowest BCUT2D eigenvalue weighted by Crippen LogP contribution is -2.87. The third kappa shape index (κ3) is 10.5. The molecule has 90 heavy (non-hydrogen) atoms. The standard InChI is InChI=1S/C78H78B6N6/c1-55-31-25-32-56(2)73(55)79-85(67-43-17-13-18-44-67)81(75-59(5)35-27-36-60(75)6)89(82(76-61(7)37-28-38-62(76)8)86(79)68-45-19-14-20-46-68)71-51-53-72(54-52-71)90-83(77-63(9)39-29-40-64(77)10)87(69-47-21-15-22-48-69)80(74-57(3)33-26-34-58(74)4)88(70-49-23-16-24-50-70)84(90)78-65(11)41-30-42-66(78)12/h13-54H,1-12H3. The molecule has 438 valence electrons. The minimum absolute atomic E-state index is 0.262. The van der Waals surface area contributed by atoms with Crippen molar-refractivity contribution < 1.29 is 0 Å². The summed E-state index contributed by atoms with van der Waals surface area (Å²) in [6, 6.07) is 95.9. The maximum Gasteiger partial charge on any atom is 0.389 e. The van der Waals surface area contributed by atoms with Gasteiger partial charge in [-0.05, 0) is 189 Å². The van der Waals surface area contributed by atoms with E-state index in [2.05, 4.69) is 366 Å². The number of para-hydroxylation sites is 4. The summed E-state index contributed by atoms with van der Waals surface area (Å²) in [6.07, 6.45) is 0. The summed E-state index contributed by atoms with van der Waals surface area (Å²) in [5.41, 5.74) is 29.6. The first kappa shape index (κ1) is 59.6. The maximum absolute atomic E-state index is 2.78. The second kappa shape index (κ2) is 24.9. The summed E-state index contributed by atoms with van der Waals surface area (Å²) in [6.45, 7) is 26.0. The number of anilines is 6. The largest absolute Gasteiger partial charge is 0.416 e. The number of rotatable bonds is 12. The Balaban J connectivity index is 1.15. The Labute approximate surface area is 538 Å². The predicted octanol–water partition coefficient (Wildman–Crippen LogP) is 13.4. The van der Waals surface area contributed by atoms with Crippen molar-refractivity contribution in [2.75, 3.05) is 28.3 Å². The van der Waals surface area contributed by atoms with Gasteiger partial charge in [0.05, 0.1) is 0 Å². The van der Waals surface area contributed by atoms with Gasteiger partial charge >= 0.3 is 41.9 Å². The van der Waals surface area contributed by atoms with Crippen LogP contribution in [0.1, 0.15) is 66.8 Å². The van der Waals surface area contributed by atoms with Crippen LogP contribution in [0.4, 0.5) is 34.1 Å². The van der Waals surface area contributed by atoms with Crippen molar-refractivity contribution in [3.05, 3.63) is 322 Å². The van der Waals surface area contributed by atoms with Gasteiger partial charge in [0.1, 0.15) is 0 Å². The normalized spacial score (nSPS) is 13.7. The summed E-state index contributed by atoms with van der Waals surface area (Å²) < 4.78 is 16.6. The molecule has 2 saturated heterocycles. The second-order valence-electron chi connectivity index (χ2n) is 25.4. The van der Waals surface area contributed by atoms with Gasteiger partial charge in [0.2, 0.25) is 0 Å². The van der Waals surface area contributed by atoms with E-state index in [9.17, 15) is 0 Å². The van der Waals surface area contributed by atoms with E-state index in [0.29, 0.717) is 0 Å². The number of aryl methyl sites for hydroxylation is 12. The zero-order valence-corrected chi connectivity index (χ0v) is 54.4. The molecule has 0 spiro atoms. The maximum atomic E-state index is 2.78. The summed E-state index contributed by atoms with van der Waals surface area (Å²) in [7, 11) is 0. The number of hydrogen-bond acceptors (Lipinski definition) is 6. The average molecular weight is 1160 g/mol. The summed E-state index contributed by atoms with van der Waals surface area (Å²) in [5.74, 6) is 0. The lowest BCUT2D eigenvalue weighted by molar-refractivity contribution is 1.25. The fourth-order valence-corrected chi connectivity index (χ4v) is 15.6. The van der Waals surface area contributed by atoms with Crippen molar-refractivity contribution >= 4 is 109 Å². The van der Waals surface area contributed by atoms with Crippen LogP contribution in [-0.4, -0.2) is 41.9 Å². The summed E-state index contributed by atoms with van der Waals surface area (Å²) >= 11 is 0. The molecule has 0 saturated carbocycles. The van der Waals surface area contributed by atoms with Crippen LogP contribution in [0.15, 0.2) is 255 Å². The minimum atomic E-state index is -0.313. The van der Waals surface area contributed by atoms with Crippen LogP contribution in [0, 0.1) is 83.1 Å². The van der Waals surface area contributed by atoms with Crippen molar-refractivity contribution in [2.24, 2.45) is 0 Å². The molecular weight excluding hydrogens is 1090 g/mol. The molecule has 0 N–H and O–H groups in total. The number of nitrogens with zero attached hydrogens (tertiary/aromatic N) is 6. The SMILES string of the molecule is Cc1cccc(C)c1B1N(c2ccccc2)B(c2c(C)cccc2C)N(c2ccc(N3B(c4c(C)cccc4C)N(c4ccccc4)B(c4c(C)cccc4C)N(c4ccccc4)B3c3c(C)cccc3C)cc2)B(c2c(C)cccc2C)N1c1ccccc1. The molecule has 11 aromatic rings. The van der Waals surface area contributed by atoms with Crippen LogP contribution >= 0.6 is 0 Å². The van der Waals surface area contributed by atoms with Crippen LogP contribution in [0.2, 0.25) is 0 Å². The molecule has 0 aromatic heterocycles. The van der Waals surface area contributed by atoms with E-state index >= 15 is 0 Å². The van der Waals surface area contributed by atoms with Crippen LogP contribution in [0.3, 0.4) is 0 Å². The Kier molecular flexibility index (Phi) is 16.5. The molecule has 13 rings (SSSR count). The molecule has 0 bridgehead atoms. The van der Waals surface area contributed by atoms with Crippen molar-refractivity contribution in [3.8, 4) is 0 Å². The molecule has 2 aliphatic rings. The van der Waals surface area contributed by atoms with E-state index in [4.69, 9.17) is 0 Å². The molecule has 12 heteroatoms. The lowest BCUT2D eigenvalue weighted by Gasteiger charge is -2.58. The van der Waals surface area contributed by atoms with Crippen LogP contribution in [-0.2, 0) is 0 Å². The van der Waals surface area contributed by atoms with Gasteiger partial charge in [-0.25, -0.2) is 0 Å². The highest BCUT2D eigenvalue weighted by molar-refractivity contribution is 7.16. The fourth-order valence-electron chi connectivity index (χ4n) is 15.6. The molecule has 0 aliphatic carbocycles. The minimum Gasteiger partial charge on any atom is -0.416 e. The molecule has 6 nitrogen and oxygen atoms in total. The second-order valence-corrected chi connectivity index (χ2v) is 25.4. The Hall–Kier alpha value is -9.39. The van der Waals surface area contributed by atoms with Crippen molar-refractivity contribution in [1.82, 2.24) is 0 Å². The predicted molar refractivity (Wildman–Crippen MR) is 395 cm³/mol. The Morgan fingerprint density at radius 1 is 0.144 bits per heavy atom. The van der Waals surface area contributed by atoms with Crippen molar-refractivity contribution in [1.29, 1.82) is 0 Å². The molecule has 2 heterocycles. The Bertz CT molecular complexity index is 3780. The third-order valence-electron chi connectivity index (χ3n) is 19.6. The van der Waals surface area contributed by atoms with Crippen LogP contribution in [0.25, 0.3) is 0 Å². The van der Waals surface area contributed by atoms with E-state index in [1.807, 2.05) is 0 Å². The summed E-state index contributed by atoms with van der Waals surface area (Å²) in [5, 5.41) is 0. The van der Waals surface area contributed by atoms with Gasteiger partial charge in [-0.2, -0.15) is 0 Å². The number of hydrogen-bond donors (Lipinski definition) is 0. The molecule has 11 aromatic carbocycles. The van der Waals surface area contributed by atoms with Gasteiger partial charge in [0.15, 0.2) is 0 Å².